The summed E-state index contributed by atoms with van der Waals surface area (Å²) in [6.45, 7) is 3.40. The van der Waals surface area contributed by atoms with E-state index in [1.807, 2.05) is 18.2 Å². The minimum Gasteiger partial charge on any atom is -0.321 e. The highest BCUT2D eigenvalue weighted by Crippen LogP contribution is 2.35. The van der Waals surface area contributed by atoms with Crippen LogP contribution < -0.4 is 5.32 Å². The molecule has 0 aliphatic heterocycles. The van der Waals surface area contributed by atoms with E-state index in [0.717, 1.165) is 30.0 Å². The van der Waals surface area contributed by atoms with Gasteiger partial charge in [-0.05, 0) is 61.4 Å². The van der Waals surface area contributed by atoms with Gasteiger partial charge < -0.3 is 5.32 Å². The summed E-state index contributed by atoms with van der Waals surface area (Å²) in [4.78, 5) is 13.2. The van der Waals surface area contributed by atoms with Gasteiger partial charge in [-0.15, -0.1) is 0 Å². The Bertz CT molecular complexity index is 1330. The molecule has 4 aromatic rings. The molecule has 6 heteroatoms. The van der Waals surface area contributed by atoms with Crippen LogP contribution in [-0.4, -0.2) is 15.7 Å². The molecule has 1 aromatic heterocycles. The van der Waals surface area contributed by atoms with Crippen LogP contribution in [0.1, 0.15) is 32.9 Å². The Balaban J connectivity index is 1.54. The third kappa shape index (κ3) is 2.79. The normalized spacial score (nSPS) is 12.5. The van der Waals surface area contributed by atoms with Crippen molar-refractivity contribution in [2.24, 2.45) is 0 Å². The van der Waals surface area contributed by atoms with Crippen molar-refractivity contribution >= 4 is 22.4 Å². The number of carbonyl (C=O) groups excluding carboxylic acids is 1. The zero-order valence-electron chi connectivity index (χ0n) is 16.6. The fourth-order valence-corrected chi connectivity index (χ4v) is 4.40. The summed E-state index contributed by atoms with van der Waals surface area (Å²) in [5, 5.41) is 9.57. The van der Waals surface area contributed by atoms with E-state index in [0.29, 0.717) is 17.0 Å². The molecule has 1 N–H and O–H groups in total. The van der Waals surface area contributed by atoms with E-state index in [1.54, 1.807) is 13.8 Å². The minimum atomic E-state index is -0.736. The number of aryl methyl sites for hydroxylation is 3. The number of nitrogens with zero attached hydrogens (tertiary/aromatic N) is 2. The molecule has 0 spiro atoms. The lowest BCUT2D eigenvalue weighted by atomic mass is 10.0. The van der Waals surface area contributed by atoms with E-state index in [2.05, 4.69) is 22.5 Å². The third-order valence-electron chi connectivity index (χ3n) is 5.78. The highest BCUT2D eigenvalue weighted by molar-refractivity contribution is 6.11. The average molecular weight is 403 g/mol. The van der Waals surface area contributed by atoms with E-state index >= 15 is 0 Å². The predicted molar refractivity (Wildman–Crippen MR) is 112 cm³/mol. The smallest absolute Gasteiger partial charge is 0.259 e. The Morgan fingerprint density at radius 2 is 1.80 bits per heavy atom. The fraction of sp³-hybridized carbons (Fsp3) is 0.167. The second-order valence-corrected chi connectivity index (χ2v) is 7.62. The van der Waals surface area contributed by atoms with Crippen molar-refractivity contribution in [1.82, 2.24) is 9.78 Å². The predicted octanol–water partition coefficient (Wildman–Crippen LogP) is 5.27. The molecule has 0 saturated carbocycles. The summed E-state index contributed by atoms with van der Waals surface area (Å²) in [6, 6.07) is 13.4. The van der Waals surface area contributed by atoms with Crippen molar-refractivity contribution in [2.45, 2.75) is 26.7 Å². The second-order valence-electron chi connectivity index (χ2n) is 7.62. The molecule has 1 heterocycles. The SMILES string of the molecule is Cc1nn(-c2ccc(F)cc2F)c(C)c1C(=O)Nc1ccc2c3c(cccc13)CC2. The monoisotopic (exact) mass is 403 g/mol. The van der Waals surface area contributed by atoms with Gasteiger partial charge in [-0.1, -0.05) is 24.3 Å². The lowest BCUT2D eigenvalue weighted by Crippen LogP contribution is -2.14. The molecule has 0 unspecified atom stereocenters. The topological polar surface area (TPSA) is 46.9 Å². The molecule has 1 aliphatic carbocycles. The van der Waals surface area contributed by atoms with Gasteiger partial charge in [0.1, 0.15) is 11.5 Å². The minimum absolute atomic E-state index is 0.0985. The van der Waals surface area contributed by atoms with Crippen molar-refractivity contribution in [3.05, 3.63) is 88.2 Å². The molecular formula is C24H19F2N3O. The van der Waals surface area contributed by atoms with Crippen LogP contribution in [0.15, 0.2) is 48.5 Å². The van der Waals surface area contributed by atoms with Crippen LogP contribution in [0.5, 0.6) is 0 Å². The molecule has 30 heavy (non-hydrogen) atoms. The maximum atomic E-state index is 14.3. The molecule has 150 valence electrons. The largest absolute Gasteiger partial charge is 0.321 e. The number of rotatable bonds is 3. The summed E-state index contributed by atoms with van der Waals surface area (Å²) >= 11 is 0. The van der Waals surface area contributed by atoms with Gasteiger partial charge in [0.25, 0.3) is 5.91 Å². The number of carbonyl (C=O) groups is 1. The van der Waals surface area contributed by atoms with E-state index in [9.17, 15) is 13.6 Å². The van der Waals surface area contributed by atoms with E-state index in [-0.39, 0.29) is 11.6 Å². The maximum Gasteiger partial charge on any atom is 0.259 e. The second kappa shape index (κ2) is 6.76. The quantitative estimate of drug-likeness (QED) is 0.506. The van der Waals surface area contributed by atoms with Gasteiger partial charge in [0.05, 0.1) is 17.0 Å². The van der Waals surface area contributed by atoms with Crippen molar-refractivity contribution in [3.8, 4) is 5.69 Å². The Morgan fingerprint density at radius 1 is 1.03 bits per heavy atom. The Kier molecular flexibility index (Phi) is 4.17. The molecule has 0 radical (unpaired) electrons. The van der Waals surface area contributed by atoms with Gasteiger partial charge in [0.2, 0.25) is 0 Å². The maximum absolute atomic E-state index is 14.3. The van der Waals surface area contributed by atoms with E-state index in [4.69, 9.17) is 0 Å². The van der Waals surface area contributed by atoms with Crippen LogP contribution in [-0.2, 0) is 12.8 Å². The molecule has 0 saturated heterocycles. The number of benzene rings is 3. The Morgan fingerprint density at radius 3 is 2.57 bits per heavy atom. The Hall–Kier alpha value is -3.54. The van der Waals surface area contributed by atoms with Gasteiger partial charge in [-0.2, -0.15) is 5.10 Å². The first-order chi connectivity index (χ1) is 14.4. The van der Waals surface area contributed by atoms with Gasteiger partial charge in [-0.25, -0.2) is 13.5 Å². The molecule has 0 fully saturated rings. The average Bonchev–Trinajstić information content (AvgIpc) is 3.26. The van der Waals surface area contributed by atoms with Gasteiger partial charge in [0.15, 0.2) is 5.82 Å². The van der Waals surface area contributed by atoms with Crippen LogP contribution in [0.25, 0.3) is 16.5 Å². The van der Waals surface area contributed by atoms with Crippen molar-refractivity contribution in [2.75, 3.05) is 5.32 Å². The van der Waals surface area contributed by atoms with Gasteiger partial charge in [-0.3, -0.25) is 4.79 Å². The van der Waals surface area contributed by atoms with Crippen molar-refractivity contribution in [3.63, 3.8) is 0 Å². The van der Waals surface area contributed by atoms with Crippen LogP contribution in [0.3, 0.4) is 0 Å². The van der Waals surface area contributed by atoms with Gasteiger partial charge in [0, 0.05) is 17.1 Å². The van der Waals surface area contributed by atoms with E-state index < -0.39 is 11.6 Å². The van der Waals surface area contributed by atoms with Crippen LogP contribution in [0.2, 0.25) is 0 Å². The zero-order chi connectivity index (χ0) is 21.0. The fourth-order valence-electron chi connectivity index (χ4n) is 4.40. The molecule has 0 atom stereocenters. The van der Waals surface area contributed by atoms with Crippen LogP contribution >= 0.6 is 0 Å². The number of hydrogen-bond acceptors (Lipinski definition) is 2. The third-order valence-corrected chi connectivity index (χ3v) is 5.78. The molecule has 3 aromatic carbocycles. The summed E-state index contributed by atoms with van der Waals surface area (Å²) in [7, 11) is 0. The summed E-state index contributed by atoms with van der Waals surface area (Å²) in [5.41, 5.74) is 4.77. The first kappa shape index (κ1) is 18.5. The van der Waals surface area contributed by atoms with Crippen molar-refractivity contribution < 1.29 is 13.6 Å². The lowest BCUT2D eigenvalue weighted by molar-refractivity contribution is 0.102. The number of nitrogens with one attached hydrogen (secondary N) is 1. The van der Waals surface area contributed by atoms with Crippen LogP contribution in [0.4, 0.5) is 14.5 Å². The van der Waals surface area contributed by atoms with E-state index in [1.165, 1.54) is 33.3 Å². The molecule has 4 nitrogen and oxygen atoms in total. The molecular weight excluding hydrogens is 384 g/mol. The highest BCUT2D eigenvalue weighted by Gasteiger charge is 2.23. The highest BCUT2D eigenvalue weighted by atomic mass is 19.1. The molecule has 0 bridgehead atoms. The molecule has 1 amide bonds. The lowest BCUT2D eigenvalue weighted by Gasteiger charge is -2.11. The summed E-state index contributed by atoms with van der Waals surface area (Å²) in [5.74, 6) is -1.71. The number of halogens is 2. The first-order valence-corrected chi connectivity index (χ1v) is 9.80. The standard InChI is InChI=1S/C24H19F2N3O/c1-13-22(14(2)29(28-13)21-11-9-17(25)12-19(21)26)24(30)27-20-10-8-16-7-6-15-4-3-5-18(20)23(15)16/h3-5,8-12H,6-7H2,1-2H3,(H,27,30). The number of hydrogen-bond donors (Lipinski definition) is 1. The molecule has 5 rings (SSSR count). The van der Waals surface area contributed by atoms with Crippen molar-refractivity contribution in [1.29, 1.82) is 0 Å². The molecule has 1 aliphatic rings. The zero-order valence-corrected chi connectivity index (χ0v) is 16.6. The number of anilines is 1. The van der Waals surface area contributed by atoms with Gasteiger partial charge >= 0.3 is 0 Å². The summed E-state index contributed by atoms with van der Waals surface area (Å²) in [6.07, 6.45) is 2.02. The Labute approximate surface area is 172 Å². The first-order valence-electron chi connectivity index (χ1n) is 9.80. The number of aromatic nitrogens is 2. The summed E-state index contributed by atoms with van der Waals surface area (Å²) < 4.78 is 28.9. The van der Waals surface area contributed by atoms with Crippen LogP contribution in [0, 0.1) is 25.5 Å². The number of amides is 1.